The number of hydrogen-bond donors (Lipinski definition) is 1. The maximum atomic E-state index is 12.5. The molecule has 20 heavy (non-hydrogen) atoms. The van der Waals surface area contributed by atoms with Gasteiger partial charge in [-0.1, -0.05) is 0 Å². The summed E-state index contributed by atoms with van der Waals surface area (Å²) in [6, 6.07) is -0.0495. The van der Waals surface area contributed by atoms with Gasteiger partial charge in [-0.15, -0.1) is 0 Å². The standard InChI is InChI=1S/C15H23NO4/c1-8(11-3-2-6-20-11)16-14(17)12-9-4-5-10(7-9)13(12)15(18)19/h8-13H,2-7H2,1H3,(H,16,17)(H,18,19)/p-1/t8-,9+,10+,11-,12-,13+/m1/s1. The molecule has 1 N–H and O–H groups in total. The first-order valence-electron chi connectivity index (χ1n) is 7.70. The van der Waals surface area contributed by atoms with Crippen LogP contribution in [-0.2, 0) is 14.3 Å². The van der Waals surface area contributed by atoms with Crippen molar-refractivity contribution in [2.45, 2.75) is 51.2 Å². The van der Waals surface area contributed by atoms with Crippen LogP contribution in [0.15, 0.2) is 0 Å². The second-order valence-corrected chi connectivity index (χ2v) is 6.55. The second kappa shape index (κ2) is 5.35. The molecule has 2 bridgehead atoms. The monoisotopic (exact) mass is 280 g/mol. The minimum absolute atomic E-state index is 0.0495. The van der Waals surface area contributed by atoms with Gasteiger partial charge in [0.2, 0.25) is 5.91 Å². The van der Waals surface area contributed by atoms with Crippen LogP contribution in [0.2, 0.25) is 0 Å². The van der Waals surface area contributed by atoms with Gasteiger partial charge in [-0.25, -0.2) is 0 Å². The molecule has 1 aliphatic heterocycles. The van der Waals surface area contributed by atoms with Gasteiger partial charge in [0.25, 0.3) is 0 Å². The molecule has 6 atom stereocenters. The average molecular weight is 280 g/mol. The Bertz CT molecular complexity index is 405. The van der Waals surface area contributed by atoms with E-state index in [2.05, 4.69) is 5.32 Å². The minimum Gasteiger partial charge on any atom is -0.550 e. The summed E-state index contributed by atoms with van der Waals surface area (Å²) >= 11 is 0. The predicted octanol–water partition coefficient (Wildman–Crippen LogP) is 0.0823. The summed E-state index contributed by atoms with van der Waals surface area (Å²) in [5, 5.41) is 14.3. The topological polar surface area (TPSA) is 78.5 Å². The van der Waals surface area contributed by atoms with Gasteiger partial charge in [0.1, 0.15) is 0 Å². The highest BCUT2D eigenvalue weighted by Gasteiger charge is 2.51. The number of nitrogens with one attached hydrogen (secondary N) is 1. The van der Waals surface area contributed by atoms with E-state index in [9.17, 15) is 14.7 Å². The molecule has 0 aromatic carbocycles. The summed E-state index contributed by atoms with van der Waals surface area (Å²) in [5.74, 6) is -1.80. The van der Waals surface area contributed by atoms with Crippen LogP contribution >= 0.6 is 0 Å². The van der Waals surface area contributed by atoms with Gasteiger partial charge in [0, 0.05) is 24.4 Å². The van der Waals surface area contributed by atoms with E-state index in [4.69, 9.17) is 4.74 Å². The van der Waals surface area contributed by atoms with Crippen LogP contribution in [0.25, 0.3) is 0 Å². The molecule has 3 fully saturated rings. The fourth-order valence-corrected chi connectivity index (χ4v) is 4.42. The number of hydrogen-bond acceptors (Lipinski definition) is 4. The Hall–Kier alpha value is -1.10. The average Bonchev–Trinajstić information content (AvgIpc) is 3.13. The maximum Gasteiger partial charge on any atom is 0.224 e. The van der Waals surface area contributed by atoms with Crippen LogP contribution in [0.4, 0.5) is 0 Å². The third-order valence-corrected chi connectivity index (χ3v) is 5.38. The number of amides is 1. The number of fused-ring (bicyclic) bond motifs is 2. The van der Waals surface area contributed by atoms with Crippen molar-refractivity contribution in [3.8, 4) is 0 Å². The summed E-state index contributed by atoms with van der Waals surface area (Å²) < 4.78 is 5.57. The van der Waals surface area contributed by atoms with Gasteiger partial charge < -0.3 is 20.0 Å². The molecule has 0 aromatic heterocycles. The Kier molecular flexibility index (Phi) is 3.71. The Morgan fingerprint density at radius 3 is 2.50 bits per heavy atom. The molecule has 112 valence electrons. The van der Waals surface area contributed by atoms with Crippen LogP contribution in [0.1, 0.15) is 39.0 Å². The van der Waals surface area contributed by atoms with E-state index >= 15 is 0 Å². The summed E-state index contributed by atoms with van der Waals surface area (Å²) in [6.07, 6.45) is 4.82. The van der Waals surface area contributed by atoms with Gasteiger partial charge >= 0.3 is 0 Å². The Balaban J connectivity index is 1.65. The summed E-state index contributed by atoms with van der Waals surface area (Å²) in [4.78, 5) is 23.8. The van der Waals surface area contributed by atoms with Gasteiger partial charge in [-0.2, -0.15) is 0 Å². The molecular formula is C15H22NO4-. The Labute approximate surface area is 119 Å². The first-order valence-corrected chi connectivity index (χ1v) is 7.70. The molecule has 0 radical (unpaired) electrons. The highest BCUT2D eigenvalue weighted by molar-refractivity contribution is 5.85. The lowest BCUT2D eigenvalue weighted by atomic mass is 9.78. The van der Waals surface area contributed by atoms with Gasteiger partial charge in [0.05, 0.1) is 12.1 Å². The molecule has 3 aliphatic rings. The third kappa shape index (κ3) is 2.32. The van der Waals surface area contributed by atoms with E-state index in [1.165, 1.54) is 0 Å². The smallest absolute Gasteiger partial charge is 0.224 e. The van der Waals surface area contributed by atoms with Gasteiger partial charge in [-0.3, -0.25) is 4.79 Å². The molecule has 0 aromatic rings. The number of ether oxygens (including phenoxy) is 1. The summed E-state index contributed by atoms with van der Waals surface area (Å²) in [5.41, 5.74) is 0. The highest BCUT2D eigenvalue weighted by atomic mass is 16.5. The van der Waals surface area contributed by atoms with E-state index < -0.39 is 17.8 Å². The molecule has 3 rings (SSSR count). The van der Waals surface area contributed by atoms with Crippen LogP contribution in [0, 0.1) is 23.7 Å². The fourth-order valence-electron chi connectivity index (χ4n) is 4.42. The zero-order valence-corrected chi connectivity index (χ0v) is 11.8. The molecular weight excluding hydrogens is 258 g/mol. The first-order chi connectivity index (χ1) is 9.58. The van der Waals surface area contributed by atoms with Crippen molar-refractivity contribution in [2.24, 2.45) is 23.7 Å². The van der Waals surface area contributed by atoms with Gasteiger partial charge in [0.15, 0.2) is 0 Å². The number of rotatable bonds is 4. The summed E-state index contributed by atoms with van der Waals surface area (Å²) in [7, 11) is 0. The number of carbonyl (C=O) groups excluding carboxylic acids is 2. The van der Waals surface area contributed by atoms with E-state index in [1.807, 2.05) is 6.92 Å². The van der Waals surface area contributed by atoms with E-state index in [1.54, 1.807) is 0 Å². The van der Waals surface area contributed by atoms with E-state index in [0.29, 0.717) is 0 Å². The summed E-state index contributed by atoms with van der Waals surface area (Å²) in [6.45, 7) is 2.69. The maximum absolute atomic E-state index is 12.5. The van der Waals surface area contributed by atoms with Crippen LogP contribution in [0.3, 0.4) is 0 Å². The molecule has 1 amide bonds. The van der Waals surface area contributed by atoms with Crippen molar-refractivity contribution in [1.29, 1.82) is 0 Å². The normalized spacial score (nSPS) is 40.8. The van der Waals surface area contributed by atoms with Crippen molar-refractivity contribution < 1.29 is 19.4 Å². The van der Waals surface area contributed by atoms with Crippen molar-refractivity contribution in [3.05, 3.63) is 0 Å². The number of carboxylic acid groups (broad SMARTS) is 1. The SMILES string of the molecule is C[C@@H](NC(=O)[C@@H]1[C@H]2CC[C@@H](C2)[C@@H]1C(=O)[O-])[C@H]1CCCO1. The molecule has 0 unspecified atom stereocenters. The Morgan fingerprint density at radius 2 is 1.90 bits per heavy atom. The number of aliphatic carboxylic acids is 1. The molecule has 2 aliphatic carbocycles. The van der Waals surface area contributed by atoms with Crippen molar-refractivity contribution in [3.63, 3.8) is 0 Å². The first kappa shape index (κ1) is 13.9. The largest absolute Gasteiger partial charge is 0.550 e. The number of carboxylic acids is 1. The molecule has 1 saturated heterocycles. The van der Waals surface area contributed by atoms with E-state index in [0.717, 1.165) is 38.7 Å². The zero-order valence-electron chi connectivity index (χ0n) is 11.8. The van der Waals surface area contributed by atoms with Crippen molar-refractivity contribution >= 4 is 11.9 Å². The van der Waals surface area contributed by atoms with Gasteiger partial charge in [-0.05, 0) is 50.9 Å². The second-order valence-electron chi connectivity index (χ2n) is 6.55. The van der Waals surface area contributed by atoms with E-state index in [-0.39, 0.29) is 29.9 Å². The molecule has 2 saturated carbocycles. The van der Waals surface area contributed by atoms with Crippen LogP contribution in [0.5, 0.6) is 0 Å². The Morgan fingerprint density at radius 1 is 1.20 bits per heavy atom. The fraction of sp³-hybridized carbons (Fsp3) is 0.867. The molecule has 1 heterocycles. The third-order valence-electron chi connectivity index (χ3n) is 5.38. The quantitative estimate of drug-likeness (QED) is 0.791. The lowest BCUT2D eigenvalue weighted by Crippen LogP contribution is -2.49. The zero-order chi connectivity index (χ0) is 14.3. The lowest BCUT2D eigenvalue weighted by molar-refractivity contribution is -0.314. The molecule has 5 heteroatoms. The highest BCUT2D eigenvalue weighted by Crippen LogP contribution is 2.52. The molecule has 5 nitrogen and oxygen atoms in total. The van der Waals surface area contributed by atoms with Crippen LogP contribution < -0.4 is 10.4 Å². The van der Waals surface area contributed by atoms with Crippen molar-refractivity contribution in [2.75, 3.05) is 6.61 Å². The number of carbonyl (C=O) groups is 2. The lowest BCUT2D eigenvalue weighted by Gasteiger charge is -2.32. The molecule has 0 spiro atoms. The van der Waals surface area contributed by atoms with Crippen LogP contribution in [-0.4, -0.2) is 30.6 Å². The predicted molar refractivity (Wildman–Crippen MR) is 69.4 cm³/mol. The minimum atomic E-state index is -1.05. The van der Waals surface area contributed by atoms with Crippen molar-refractivity contribution in [1.82, 2.24) is 5.32 Å².